The molecule has 110 valence electrons. The van der Waals surface area contributed by atoms with Gasteiger partial charge in [-0.1, -0.05) is 0 Å². The van der Waals surface area contributed by atoms with Gasteiger partial charge in [0.2, 0.25) is 5.91 Å². The molecule has 1 aromatic heterocycles. The van der Waals surface area contributed by atoms with E-state index in [1.165, 1.54) is 23.9 Å². The Bertz CT molecular complexity index is 672. The Labute approximate surface area is 129 Å². The van der Waals surface area contributed by atoms with E-state index in [0.717, 1.165) is 0 Å². The van der Waals surface area contributed by atoms with Crippen LogP contribution >= 0.6 is 23.4 Å². The Kier molecular flexibility index (Phi) is 4.81. The van der Waals surface area contributed by atoms with Crippen LogP contribution in [0, 0.1) is 10.1 Å². The van der Waals surface area contributed by atoms with Gasteiger partial charge in [-0.3, -0.25) is 20.0 Å². The number of anilines is 1. The summed E-state index contributed by atoms with van der Waals surface area (Å²) < 4.78 is 0. The minimum Gasteiger partial charge on any atom is -0.309 e. The number of nitrogens with one attached hydrogen (secondary N) is 2. The molecule has 21 heavy (non-hydrogen) atoms. The van der Waals surface area contributed by atoms with E-state index in [1.54, 1.807) is 12.1 Å². The van der Waals surface area contributed by atoms with Gasteiger partial charge in [0.1, 0.15) is 16.7 Å². The molecule has 7 nitrogen and oxygen atoms in total. The van der Waals surface area contributed by atoms with Crippen molar-refractivity contribution in [1.82, 2.24) is 10.2 Å². The zero-order chi connectivity index (χ0) is 15.4. The lowest BCUT2D eigenvalue weighted by molar-refractivity contribution is -0.384. The van der Waals surface area contributed by atoms with Crippen molar-refractivity contribution in [2.24, 2.45) is 0 Å². The van der Waals surface area contributed by atoms with Gasteiger partial charge in [0.05, 0.1) is 10.5 Å². The van der Waals surface area contributed by atoms with Crippen LogP contribution in [0.1, 0.15) is 0 Å². The Morgan fingerprint density at radius 1 is 1.48 bits per heavy atom. The fourth-order valence-corrected chi connectivity index (χ4v) is 2.38. The number of aromatic nitrogens is 2. The first-order chi connectivity index (χ1) is 10.1. The molecule has 0 aliphatic carbocycles. The highest BCUT2D eigenvalue weighted by Crippen LogP contribution is 2.35. The summed E-state index contributed by atoms with van der Waals surface area (Å²) in [5.41, 5.74) is 1.39. The predicted octanol–water partition coefficient (Wildman–Crippen LogP) is 2.88. The van der Waals surface area contributed by atoms with Crippen LogP contribution in [0.3, 0.4) is 0 Å². The largest absolute Gasteiger partial charge is 0.309 e. The molecule has 2 rings (SSSR count). The summed E-state index contributed by atoms with van der Waals surface area (Å²) in [6.45, 7) is 0. The number of thioether (sulfide) groups is 1. The van der Waals surface area contributed by atoms with E-state index in [9.17, 15) is 14.9 Å². The first-order valence-electron chi connectivity index (χ1n) is 5.79. The van der Waals surface area contributed by atoms with Crippen LogP contribution in [-0.4, -0.2) is 33.2 Å². The van der Waals surface area contributed by atoms with E-state index in [4.69, 9.17) is 11.6 Å². The lowest BCUT2D eigenvalue weighted by Crippen LogP contribution is -2.13. The van der Waals surface area contributed by atoms with Gasteiger partial charge in [-0.2, -0.15) is 5.10 Å². The van der Waals surface area contributed by atoms with Crippen molar-refractivity contribution in [2.75, 3.05) is 17.5 Å². The summed E-state index contributed by atoms with van der Waals surface area (Å²) in [5, 5.41) is 20.8. The first-order valence-corrected chi connectivity index (χ1v) is 7.55. The number of carbonyl (C=O) groups excluding carboxylic acids is 1. The van der Waals surface area contributed by atoms with Gasteiger partial charge in [-0.25, -0.2) is 0 Å². The van der Waals surface area contributed by atoms with Gasteiger partial charge in [0, 0.05) is 12.1 Å². The van der Waals surface area contributed by atoms with Crippen LogP contribution in [-0.2, 0) is 4.79 Å². The van der Waals surface area contributed by atoms with Crippen molar-refractivity contribution in [3.05, 3.63) is 34.4 Å². The first kappa shape index (κ1) is 15.3. The van der Waals surface area contributed by atoms with Gasteiger partial charge >= 0.3 is 0 Å². The zero-order valence-corrected chi connectivity index (χ0v) is 12.5. The Balaban J connectivity index is 2.43. The number of H-pyrrole nitrogens is 1. The maximum Gasteiger partial charge on any atom is 0.269 e. The average molecular weight is 327 g/mol. The Morgan fingerprint density at radius 2 is 2.14 bits per heavy atom. The molecule has 9 heteroatoms. The SMILES string of the molecule is CSc1n[nH]c(NC(=O)CCl)c1-c1ccc([N+](=O)[O-])cc1. The minimum atomic E-state index is -0.467. The number of hydrogen-bond donors (Lipinski definition) is 2. The number of hydrogen-bond acceptors (Lipinski definition) is 5. The number of nitro groups is 1. The maximum absolute atomic E-state index is 11.4. The van der Waals surface area contributed by atoms with Gasteiger partial charge < -0.3 is 5.32 Å². The second-order valence-corrected chi connectivity index (χ2v) is 5.03. The van der Waals surface area contributed by atoms with Crippen molar-refractivity contribution < 1.29 is 9.72 Å². The third-order valence-corrected chi connectivity index (χ3v) is 3.60. The molecule has 0 bridgehead atoms. The Hall–Kier alpha value is -2.06. The highest BCUT2D eigenvalue weighted by molar-refractivity contribution is 7.98. The zero-order valence-electron chi connectivity index (χ0n) is 10.9. The summed E-state index contributed by atoms with van der Waals surface area (Å²) in [6, 6.07) is 6.03. The van der Waals surface area contributed by atoms with Crippen LogP contribution < -0.4 is 5.32 Å². The van der Waals surface area contributed by atoms with Crippen LogP contribution in [0.15, 0.2) is 29.3 Å². The molecule has 0 aliphatic heterocycles. The highest BCUT2D eigenvalue weighted by Gasteiger charge is 2.17. The average Bonchev–Trinajstić information content (AvgIpc) is 2.89. The molecule has 0 radical (unpaired) electrons. The van der Waals surface area contributed by atoms with Crippen LogP contribution in [0.2, 0.25) is 0 Å². The van der Waals surface area contributed by atoms with E-state index in [0.29, 0.717) is 22.0 Å². The van der Waals surface area contributed by atoms with E-state index in [-0.39, 0.29) is 17.5 Å². The number of nitrogens with zero attached hydrogens (tertiary/aromatic N) is 2. The minimum absolute atomic E-state index is 0.000657. The summed E-state index contributed by atoms with van der Waals surface area (Å²) in [4.78, 5) is 21.6. The summed E-state index contributed by atoms with van der Waals surface area (Å²) >= 11 is 6.87. The quantitative estimate of drug-likeness (QED) is 0.381. The standard InChI is InChI=1S/C12H11ClN4O3S/c1-21-12-10(11(15-16-12)14-9(18)6-13)7-2-4-8(5-3-7)17(19)20/h2-5H,6H2,1H3,(H2,14,15,16,18). The third-order valence-electron chi connectivity index (χ3n) is 2.68. The molecular weight excluding hydrogens is 316 g/mol. The van der Waals surface area contributed by atoms with Gasteiger partial charge in [-0.15, -0.1) is 23.4 Å². The number of aromatic amines is 1. The van der Waals surface area contributed by atoms with Crippen LogP contribution in [0.5, 0.6) is 0 Å². The molecule has 2 aromatic rings. The monoisotopic (exact) mass is 326 g/mol. The van der Waals surface area contributed by atoms with Gasteiger partial charge in [-0.05, 0) is 24.0 Å². The topological polar surface area (TPSA) is 101 Å². The van der Waals surface area contributed by atoms with E-state index in [2.05, 4.69) is 15.5 Å². The highest BCUT2D eigenvalue weighted by atomic mass is 35.5. The number of alkyl halides is 1. The number of amides is 1. The molecule has 0 fully saturated rings. The van der Waals surface area contributed by atoms with Gasteiger partial charge in [0.15, 0.2) is 0 Å². The van der Waals surface area contributed by atoms with E-state index in [1.807, 2.05) is 6.26 Å². The number of benzene rings is 1. The second kappa shape index (κ2) is 6.59. The molecule has 0 unspecified atom stereocenters. The molecule has 0 atom stereocenters. The molecule has 0 spiro atoms. The molecule has 1 heterocycles. The number of rotatable bonds is 5. The lowest BCUT2D eigenvalue weighted by atomic mass is 10.1. The smallest absolute Gasteiger partial charge is 0.269 e. The van der Waals surface area contributed by atoms with Crippen molar-refractivity contribution in [1.29, 1.82) is 0 Å². The predicted molar refractivity (Wildman–Crippen MR) is 81.8 cm³/mol. The summed E-state index contributed by atoms with van der Waals surface area (Å²) in [5.74, 6) is -0.122. The number of carbonyl (C=O) groups is 1. The maximum atomic E-state index is 11.4. The van der Waals surface area contributed by atoms with Crippen LogP contribution in [0.4, 0.5) is 11.5 Å². The Morgan fingerprint density at radius 3 is 2.67 bits per heavy atom. The van der Waals surface area contributed by atoms with Crippen molar-refractivity contribution >= 4 is 40.8 Å². The number of non-ortho nitro benzene ring substituents is 1. The molecule has 1 aromatic carbocycles. The van der Waals surface area contributed by atoms with Crippen molar-refractivity contribution in [3.8, 4) is 11.1 Å². The number of halogens is 1. The fraction of sp³-hybridized carbons (Fsp3) is 0.167. The third kappa shape index (κ3) is 3.34. The van der Waals surface area contributed by atoms with Crippen molar-refractivity contribution in [3.63, 3.8) is 0 Å². The molecule has 0 saturated heterocycles. The second-order valence-electron chi connectivity index (χ2n) is 3.97. The number of nitro benzene ring substituents is 1. The molecular formula is C12H11ClN4O3S. The van der Waals surface area contributed by atoms with E-state index < -0.39 is 4.92 Å². The fourth-order valence-electron chi connectivity index (χ4n) is 1.75. The lowest BCUT2D eigenvalue weighted by Gasteiger charge is -2.06. The summed E-state index contributed by atoms with van der Waals surface area (Å²) in [6.07, 6.45) is 1.85. The summed E-state index contributed by atoms with van der Waals surface area (Å²) in [7, 11) is 0. The van der Waals surface area contributed by atoms with Crippen LogP contribution in [0.25, 0.3) is 11.1 Å². The van der Waals surface area contributed by atoms with Gasteiger partial charge in [0.25, 0.3) is 5.69 Å². The van der Waals surface area contributed by atoms with E-state index >= 15 is 0 Å². The molecule has 1 amide bonds. The molecule has 0 saturated carbocycles. The van der Waals surface area contributed by atoms with Crippen molar-refractivity contribution in [2.45, 2.75) is 5.03 Å². The normalized spacial score (nSPS) is 10.4. The molecule has 0 aliphatic rings. The molecule has 2 N–H and O–H groups in total.